The van der Waals surface area contributed by atoms with E-state index in [1.165, 1.54) is 26.2 Å². The summed E-state index contributed by atoms with van der Waals surface area (Å²) in [4.78, 5) is 28.2. The van der Waals surface area contributed by atoms with E-state index in [0.29, 0.717) is 43.1 Å². The van der Waals surface area contributed by atoms with Gasteiger partial charge in [0.25, 0.3) is 0 Å². The molecule has 2 aromatic rings. The summed E-state index contributed by atoms with van der Waals surface area (Å²) in [6.07, 6.45) is 1.87. The number of ether oxygens (including phenoxy) is 2. The van der Waals surface area contributed by atoms with Crippen LogP contribution < -0.4 is 14.4 Å². The monoisotopic (exact) mass is 428 g/mol. The number of methoxy groups -OCH3 is 1. The number of Topliss-reactive ketones (excluding diaryl/α,β-unsaturated/α-hetero) is 1. The molecule has 1 fully saturated rings. The summed E-state index contributed by atoms with van der Waals surface area (Å²) in [6, 6.07) is 11.6. The number of rotatable bonds is 8. The Balaban J connectivity index is 1.45. The second kappa shape index (κ2) is 10.8. The highest BCUT2D eigenvalue weighted by molar-refractivity contribution is 5.94. The lowest BCUT2D eigenvalue weighted by Gasteiger charge is -2.23. The molecule has 31 heavy (non-hydrogen) atoms. The fraction of sp³-hybridized carbons (Fsp3) is 0.417. The van der Waals surface area contributed by atoms with Gasteiger partial charge in [-0.1, -0.05) is 0 Å². The van der Waals surface area contributed by atoms with Crippen molar-refractivity contribution in [1.29, 1.82) is 0 Å². The number of anilines is 1. The number of ketones is 1. The molecule has 0 spiro atoms. The Labute approximate surface area is 182 Å². The minimum absolute atomic E-state index is 0.0362. The van der Waals surface area contributed by atoms with Crippen LogP contribution in [0.1, 0.15) is 36.5 Å². The molecular weight excluding hydrogens is 399 g/mol. The van der Waals surface area contributed by atoms with Gasteiger partial charge >= 0.3 is 0 Å². The molecule has 1 amide bonds. The maximum Gasteiger partial charge on any atom is 0.222 e. The normalized spacial score (nSPS) is 14.2. The number of nitrogens with zero attached hydrogens (tertiary/aromatic N) is 2. The zero-order valence-corrected chi connectivity index (χ0v) is 18.1. The van der Waals surface area contributed by atoms with Gasteiger partial charge in [-0.05, 0) is 62.2 Å². The van der Waals surface area contributed by atoms with Crippen LogP contribution >= 0.6 is 0 Å². The molecule has 0 unspecified atom stereocenters. The fourth-order valence-corrected chi connectivity index (χ4v) is 3.65. The summed E-state index contributed by atoms with van der Waals surface area (Å²) in [6.45, 7) is 4.83. The summed E-state index contributed by atoms with van der Waals surface area (Å²) < 4.78 is 24.2. The number of benzene rings is 2. The average Bonchev–Trinajstić information content (AvgIpc) is 3.03. The predicted molar refractivity (Wildman–Crippen MR) is 118 cm³/mol. The van der Waals surface area contributed by atoms with Crippen molar-refractivity contribution < 1.29 is 23.5 Å². The molecule has 1 heterocycles. The summed E-state index contributed by atoms with van der Waals surface area (Å²) in [5.41, 5.74) is 1.55. The Bertz CT molecular complexity index is 901. The van der Waals surface area contributed by atoms with Gasteiger partial charge in [0, 0.05) is 43.9 Å². The van der Waals surface area contributed by atoms with Crippen LogP contribution in [-0.4, -0.2) is 56.5 Å². The molecule has 2 aromatic carbocycles. The number of hydrogen-bond acceptors (Lipinski definition) is 5. The highest BCUT2D eigenvalue weighted by Gasteiger charge is 2.19. The van der Waals surface area contributed by atoms with Gasteiger partial charge in [0.2, 0.25) is 5.91 Å². The van der Waals surface area contributed by atoms with Crippen LogP contribution in [0.25, 0.3) is 0 Å². The molecule has 0 aliphatic carbocycles. The van der Waals surface area contributed by atoms with Crippen molar-refractivity contribution in [3.8, 4) is 11.5 Å². The van der Waals surface area contributed by atoms with Crippen LogP contribution in [0, 0.1) is 5.82 Å². The van der Waals surface area contributed by atoms with E-state index in [0.717, 1.165) is 31.7 Å². The van der Waals surface area contributed by atoms with E-state index in [1.807, 2.05) is 4.90 Å². The molecule has 166 valence electrons. The predicted octanol–water partition coefficient (Wildman–Crippen LogP) is 3.93. The highest BCUT2D eigenvalue weighted by Crippen LogP contribution is 2.28. The van der Waals surface area contributed by atoms with E-state index >= 15 is 0 Å². The second-order valence-electron chi connectivity index (χ2n) is 7.57. The van der Waals surface area contributed by atoms with E-state index in [9.17, 15) is 14.0 Å². The molecule has 0 N–H and O–H groups in total. The highest BCUT2D eigenvalue weighted by atomic mass is 19.1. The first-order chi connectivity index (χ1) is 15.0. The Hall–Kier alpha value is -3.09. The zero-order valence-electron chi connectivity index (χ0n) is 18.1. The van der Waals surface area contributed by atoms with Crippen molar-refractivity contribution in [2.24, 2.45) is 0 Å². The van der Waals surface area contributed by atoms with Crippen molar-refractivity contribution in [2.45, 2.75) is 26.2 Å². The summed E-state index contributed by atoms with van der Waals surface area (Å²) in [5.74, 6) is 0.899. The summed E-state index contributed by atoms with van der Waals surface area (Å²) >= 11 is 0. The second-order valence-corrected chi connectivity index (χ2v) is 7.57. The maximum absolute atomic E-state index is 13.1. The van der Waals surface area contributed by atoms with Gasteiger partial charge in [-0.25, -0.2) is 4.39 Å². The van der Waals surface area contributed by atoms with Crippen LogP contribution in [0.2, 0.25) is 0 Å². The van der Waals surface area contributed by atoms with Crippen molar-refractivity contribution in [3.05, 3.63) is 53.8 Å². The first-order valence-corrected chi connectivity index (χ1v) is 10.6. The number of carbonyl (C=O) groups excluding carboxylic acids is 2. The van der Waals surface area contributed by atoms with Crippen molar-refractivity contribution in [1.82, 2.24) is 4.90 Å². The molecule has 1 saturated heterocycles. The lowest BCUT2D eigenvalue weighted by Crippen LogP contribution is -2.35. The largest absolute Gasteiger partial charge is 0.493 e. The van der Waals surface area contributed by atoms with Gasteiger partial charge in [-0.2, -0.15) is 0 Å². The lowest BCUT2D eigenvalue weighted by atomic mass is 10.1. The number of amides is 1. The van der Waals surface area contributed by atoms with Crippen LogP contribution in [0.3, 0.4) is 0 Å². The van der Waals surface area contributed by atoms with Crippen molar-refractivity contribution in [2.75, 3.05) is 44.8 Å². The molecule has 0 bridgehead atoms. The Morgan fingerprint density at radius 1 is 1.00 bits per heavy atom. The molecular formula is C24H29FN2O4. The van der Waals surface area contributed by atoms with Gasteiger partial charge in [-0.15, -0.1) is 0 Å². The van der Waals surface area contributed by atoms with E-state index in [2.05, 4.69) is 4.90 Å². The van der Waals surface area contributed by atoms with E-state index in [-0.39, 0.29) is 17.5 Å². The molecule has 0 atom stereocenters. The third-order valence-corrected chi connectivity index (χ3v) is 5.40. The van der Waals surface area contributed by atoms with Crippen LogP contribution in [0.4, 0.5) is 10.1 Å². The fourth-order valence-electron chi connectivity index (χ4n) is 3.65. The third kappa shape index (κ3) is 6.20. The lowest BCUT2D eigenvalue weighted by molar-refractivity contribution is -0.131. The van der Waals surface area contributed by atoms with Crippen molar-refractivity contribution >= 4 is 17.4 Å². The number of hydrogen-bond donors (Lipinski definition) is 0. The summed E-state index contributed by atoms with van der Waals surface area (Å²) in [7, 11) is 1.53. The van der Waals surface area contributed by atoms with Gasteiger partial charge in [-0.3, -0.25) is 9.59 Å². The average molecular weight is 429 g/mol. The van der Waals surface area contributed by atoms with Gasteiger partial charge < -0.3 is 19.3 Å². The number of halogens is 1. The SMILES string of the molecule is COc1cc(C(C)=O)ccc1OCCCC(=O)N1CCCN(c2ccc(F)cc2)CC1. The molecule has 7 heteroatoms. The van der Waals surface area contributed by atoms with Crippen LogP contribution in [0.5, 0.6) is 11.5 Å². The van der Waals surface area contributed by atoms with Crippen molar-refractivity contribution in [3.63, 3.8) is 0 Å². The van der Waals surface area contributed by atoms with Gasteiger partial charge in [0.1, 0.15) is 5.82 Å². The van der Waals surface area contributed by atoms with Crippen LogP contribution in [-0.2, 0) is 4.79 Å². The topological polar surface area (TPSA) is 59.1 Å². The molecule has 3 rings (SSSR count). The molecule has 0 radical (unpaired) electrons. The summed E-state index contributed by atoms with van der Waals surface area (Å²) in [5, 5.41) is 0. The molecule has 6 nitrogen and oxygen atoms in total. The van der Waals surface area contributed by atoms with Gasteiger partial charge in [0.05, 0.1) is 13.7 Å². The molecule has 0 aromatic heterocycles. The van der Waals surface area contributed by atoms with E-state index in [4.69, 9.17) is 9.47 Å². The Morgan fingerprint density at radius 2 is 1.77 bits per heavy atom. The first-order valence-electron chi connectivity index (χ1n) is 10.6. The number of carbonyl (C=O) groups is 2. The van der Waals surface area contributed by atoms with E-state index < -0.39 is 0 Å². The zero-order chi connectivity index (χ0) is 22.2. The molecule has 1 aliphatic rings. The minimum atomic E-state index is -0.245. The third-order valence-electron chi connectivity index (χ3n) is 5.40. The van der Waals surface area contributed by atoms with Crippen LogP contribution in [0.15, 0.2) is 42.5 Å². The Morgan fingerprint density at radius 3 is 2.48 bits per heavy atom. The van der Waals surface area contributed by atoms with Gasteiger partial charge in [0.15, 0.2) is 17.3 Å². The first kappa shape index (κ1) is 22.6. The van der Waals surface area contributed by atoms with E-state index in [1.54, 1.807) is 30.3 Å². The quantitative estimate of drug-likeness (QED) is 0.471. The minimum Gasteiger partial charge on any atom is -0.493 e. The smallest absolute Gasteiger partial charge is 0.222 e. The molecule has 0 saturated carbocycles. The molecule has 1 aliphatic heterocycles. The standard InChI is InChI=1S/C24H29FN2O4/c1-18(28)19-6-11-22(23(17-19)30-2)31-16-3-5-24(29)27-13-4-12-26(14-15-27)21-9-7-20(25)8-10-21/h6-11,17H,3-5,12-16H2,1-2H3. The Kier molecular flexibility index (Phi) is 7.87. The maximum atomic E-state index is 13.1.